The molecule has 1 rings (SSSR count). The van der Waals surface area contributed by atoms with E-state index in [4.69, 9.17) is 21.8 Å². The van der Waals surface area contributed by atoms with Crippen LogP contribution in [0.15, 0.2) is 18.2 Å². The summed E-state index contributed by atoms with van der Waals surface area (Å²) in [6.45, 7) is 1.70. The minimum Gasteiger partial charge on any atom is -0.481 e. The number of amides is 1. The molecule has 0 aliphatic heterocycles. The quantitative estimate of drug-likeness (QED) is 0.756. The summed E-state index contributed by atoms with van der Waals surface area (Å²) in [6, 6.07) is 3.24. The standard InChI is InChI=1S/C12H12ClNO5/c1-6-3-2-4-7(10(6)13)11(17)14-8(12(18)19)5-9(15)16/h2-4,8H,5H2,1H3,(H,14,17)(H,15,16)(H,18,19). The molecule has 0 saturated carbocycles. The van der Waals surface area contributed by atoms with Gasteiger partial charge in [0, 0.05) is 0 Å². The van der Waals surface area contributed by atoms with Crippen molar-refractivity contribution >= 4 is 29.4 Å². The molecular weight excluding hydrogens is 274 g/mol. The van der Waals surface area contributed by atoms with Gasteiger partial charge in [-0.05, 0) is 18.6 Å². The van der Waals surface area contributed by atoms with Gasteiger partial charge in [-0.15, -0.1) is 0 Å². The number of carbonyl (C=O) groups is 3. The van der Waals surface area contributed by atoms with Gasteiger partial charge in [0.1, 0.15) is 6.04 Å². The first-order valence-corrected chi connectivity index (χ1v) is 5.71. The maximum Gasteiger partial charge on any atom is 0.326 e. The second-order valence-electron chi connectivity index (χ2n) is 3.90. The van der Waals surface area contributed by atoms with Gasteiger partial charge >= 0.3 is 11.9 Å². The van der Waals surface area contributed by atoms with Crippen molar-refractivity contribution in [1.29, 1.82) is 0 Å². The number of aliphatic carboxylic acids is 2. The van der Waals surface area contributed by atoms with E-state index in [1.165, 1.54) is 6.07 Å². The number of aryl methyl sites for hydroxylation is 1. The Labute approximate surface area is 114 Å². The molecule has 1 aromatic rings. The molecule has 102 valence electrons. The van der Waals surface area contributed by atoms with E-state index >= 15 is 0 Å². The zero-order valence-corrected chi connectivity index (χ0v) is 10.8. The van der Waals surface area contributed by atoms with Crippen LogP contribution in [0.5, 0.6) is 0 Å². The summed E-state index contributed by atoms with van der Waals surface area (Å²) in [5.74, 6) is -3.45. The van der Waals surface area contributed by atoms with E-state index in [2.05, 4.69) is 5.32 Å². The lowest BCUT2D eigenvalue weighted by Crippen LogP contribution is -2.42. The summed E-state index contributed by atoms with van der Waals surface area (Å²) in [7, 11) is 0. The van der Waals surface area contributed by atoms with Crippen LogP contribution in [0.3, 0.4) is 0 Å². The van der Waals surface area contributed by atoms with Gasteiger partial charge in [-0.1, -0.05) is 23.7 Å². The van der Waals surface area contributed by atoms with Gasteiger partial charge in [0.15, 0.2) is 0 Å². The van der Waals surface area contributed by atoms with Gasteiger partial charge in [-0.2, -0.15) is 0 Å². The minimum absolute atomic E-state index is 0.110. The maximum atomic E-state index is 11.9. The molecule has 1 aromatic carbocycles. The smallest absolute Gasteiger partial charge is 0.326 e. The molecule has 1 atom stereocenters. The summed E-state index contributed by atoms with van der Waals surface area (Å²) in [4.78, 5) is 33.2. The molecule has 0 bridgehead atoms. The van der Waals surface area contributed by atoms with Crippen LogP contribution < -0.4 is 5.32 Å². The zero-order chi connectivity index (χ0) is 14.6. The van der Waals surface area contributed by atoms with Crippen LogP contribution in [-0.4, -0.2) is 34.1 Å². The molecule has 3 N–H and O–H groups in total. The minimum atomic E-state index is -1.50. The van der Waals surface area contributed by atoms with Crippen LogP contribution in [0.1, 0.15) is 22.3 Å². The molecule has 0 spiro atoms. The predicted molar refractivity (Wildman–Crippen MR) is 67.3 cm³/mol. The Morgan fingerprint density at radius 1 is 1.32 bits per heavy atom. The molecule has 19 heavy (non-hydrogen) atoms. The summed E-state index contributed by atoms with van der Waals surface area (Å²) in [5, 5.41) is 19.7. The van der Waals surface area contributed by atoms with Crippen LogP contribution >= 0.6 is 11.6 Å². The fraction of sp³-hybridized carbons (Fsp3) is 0.250. The molecule has 0 aliphatic carbocycles. The van der Waals surface area contributed by atoms with Crippen LogP contribution in [0.4, 0.5) is 0 Å². The summed E-state index contributed by atoms with van der Waals surface area (Å²) >= 11 is 5.93. The zero-order valence-electron chi connectivity index (χ0n) is 10.0. The third kappa shape index (κ3) is 3.96. The van der Waals surface area contributed by atoms with Crippen molar-refractivity contribution in [2.45, 2.75) is 19.4 Å². The first-order valence-electron chi connectivity index (χ1n) is 5.33. The lowest BCUT2D eigenvalue weighted by Gasteiger charge is -2.13. The van der Waals surface area contributed by atoms with Crippen molar-refractivity contribution in [3.8, 4) is 0 Å². The summed E-state index contributed by atoms with van der Waals surface area (Å²) in [6.07, 6.45) is -0.704. The molecule has 7 heteroatoms. The molecule has 0 fully saturated rings. The monoisotopic (exact) mass is 285 g/mol. The van der Waals surface area contributed by atoms with Crippen LogP contribution in [0.2, 0.25) is 5.02 Å². The number of carboxylic acid groups (broad SMARTS) is 2. The topological polar surface area (TPSA) is 104 Å². The van der Waals surface area contributed by atoms with E-state index in [9.17, 15) is 14.4 Å². The highest BCUT2D eigenvalue weighted by Gasteiger charge is 2.24. The fourth-order valence-corrected chi connectivity index (χ4v) is 1.65. The Balaban J connectivity index is 2.91. The van der Waals surface area contributed by atoms with E-state index in [0.717, 1.165) is 0 Å². The van der Waals surface area contributed by atoms with Crippen molar-refractivity contribution in [2.24, 2.45) is 0 Å². The van der Waals surface area contributed by atoms with Crippen molar-refractivity contribution in [1.82, 2.24) is 5.32 Å². The number of halogens is 1. The Kier molecular flexibility index (Phi) is 4.88. The largest absolute Gasteiger partial charge is 0.481 e. The third-order valence-corrected chi connectivity index (χ3v) is 2.92. The van der Waals surface area contributed by atoms with Gasteiger partial charge in [0.25, 0.3) is 5.91 Å². The molecule has 0 radical (unpaired) electrons. The molecule has 0 heterocycles. The van der Waals surface area contributed by atoms with E-state index in [0.29, 0.717) is 5.56 Å². The fourth-order valence-electron chi connectivity index (χ4n) is 1.43. The molecule has 1 unspecified atom stereocenters. The first kappa shape index (κ1) is 15.0. The molecule has 0 aromatic heterocycles. The van der Waals surface area contributed by atoms with Crippen molar-refractivity contribution in [3.05, 3.63) is 34.3 Å². The highest BCUT2D eigenvalue weighted by atomic mass is 35.5. The number of rotatable bonds is 5. The number of carbonyl (C=O) groups excluding carboxylic acids is 1. The summed E-state index contributed by atoms with van der Waals surface area (Å²) < 4.78 is 0. The van der Waals surface area contributed by atoms with E-state index < -0.39 is 30.3 Å². The van der Waals surface area contributed by atoms with Gasteiger partial charge in [0.05, 0.1) is 17.0 Å². The first-order chi connectivity index (χ1) is 8.82. The predicted octanol–water partition coefficient (Wildman–Crippen LogP) is 1.31. The van der Waals surface area contributed by atoms with E-state index in [1.54, 1.807) is 19.1 Å². The third-order valence-electron chi connectivity index (χ3n) is 2.42. The van der Waals surface area contributed by atoms with Gasteiger partial charge in [-0.3, -0.25) is 9.59 Å². The van der Waals surface area contributed by atoms with Gasteiger partial charge in [-0.25, -0.2) is 4.79 Å². The Hall–Kier alpha value is -2.08. The average molecular weight is 286 g/mol. The lowest BCUT2D eigenvalue weighted by molar-refractivity contribution is -0.145. The molecular formula is C12H12ClNO5. The number of benzene rings is 1. The Morgan fingerprint density at radius 3 is 2.47 bits per heavy atom. The van der Waals surface area contributed by atoms with Crippen molar-refractivity contribution in [2.75, 3.05) is 0 Å². The SMILES string of the molecule is Cc1cccc(C(=O)NC(CC(=O)O)C(=O)O)c1Cl. The van der Waals surface area contributed by atoms with Crippen LogP contribution in [-0.2, 0) is 9.59 Å². The van der Waals surface area contributed by atoms with E-state index in [-0.39, 0.29) is 10.6 Å². The molecule has 0 aliphatic rings. The summed E-state index contributed by atoms with van der Waals surface area (Å²) in [5.41, 5.74) is 0.776. The van der Waals surface area contributed by atoms with Gasteiger partial charge in [0.2, 0.25) is 0 Å². The lowest BCUT2D eigenvalue weighted by atomic mass is 10.1. The average Bonchev–Trinajstić information content (AvgIpc) is 2.31. The molecule has 6 nitrogen and oxygen atoms in total. The Morgan fingerprint density at radius 2 is 1.95 bits per heavy atom. The number of carboxylic acids is 2. The number of hydrogen-bond donors (Lipinski definition) is 3. The van der Waals surface area contributed by atoms with Crippen molar-refractivity contribution in [3.63, 3.8) is 0 Å². The van der Waals surface area contributed by atoms with E-state index in [1.807, 2.05) is 0 Å². The van der Waals surface area contributed by atoms with Crippen molar-refractivity contribution < 1.29 is 24.6 Å². The number of nitrogens with one attached hydrogen (secondary N) is 1. The van der Waals surface area contributed by atoms with Crippen LogP contribution in [0.25, 0.3) is 0 Å². The number of hydrogen-bond acceptors (Lipinski definition) is 3. The second-order valence-corrected chi connectivity index (χ2v) is 4.28. The van der Waals surface area contributed by atoms with Gasteiger partial charge < -0.3 is 15.5 Å². The maximum absolute atomic E-state index is 11.9. The second kappa shape index (κ2) is 6.19. The normalized spacial score (nSPS) is 11.7. The molecule has 0 saturated heterocycles. The highest BCUT2D eigenvalue weighted by Crippen LogP contribution is 2.20. The molecule has 1 amide bonds. The van der Waals surface area contributed by atoms with Crippen LogP contribution in [0, 0.1) is 6.92 Å². The Bertz CT molecular complexity index is 529. The highest BCUT2D eigenvalue weighted by molar-refractivity contribution is 6.34.